The van der Waals surface area contributed by atoms with Gasteiger partial charge in [-0.2, -0.15) is 0 Å². The summed E-state index contributed by atoms with van der Waals surface area (Å²) in [6.45, 7) is 5.10. The second-order valence-electron chi connectivity index (χ2n) is 6.35. The normalized spacial score (nSPS) is 54.6. The molecule has 4 aliphatic carbocycles. The van der Waals surface area contributed by atoms with E-state index in [1.165, 1.54) is 19.3 Å². The summed E-state index contributed by atoms with van der Waals surface area (Å²) >= 11 is 0. The average molecular weight is 224 g/mol. The molecule has 4 aliphatic rings. The molecule has 0 saturated heterocycles. The van der Waals surface area contributed by atoms with E-state index in [4.69, 9.17) is 4.74 Å². The molecule has 0 aromatic heterocycles. The fourth-order valence-electron chi connectivity index (χ4n) is 5.41. The molecule has 2 heteroatoms. The largest absolute Gasteiger partial charge is 0.389 e. The van der Waals surface area contributed by atoms with Gasteiger partial charge in [-0.1, -0.05) is 6.92 Å². The summed E-state index contributed by atoms with van der Waals surface area (Å²) in [7, 11) is 0. The van der Waals surface area contributed by atoms with Gasteiger partial charge in [0.2, 0.25) is 0 Å². The van der Waals surface area contributed by atoms with Crippen LogP contribution in [-0.2, 0) is 4.74 Å². The highest BCUT2D eigenvalue weighted by Gasteiger charge is 2.63. The third kappa shape index (κ3) is 1.32. The van der Waals surface area contributed by atoms with Crippen molar-refractivity contribution >= 4 is 0 Å². The molecule has 4 bridgehead atoms. The minimum absolute atomic E-state index is 0.0301. The van der Waals surface area contributed by atoms with Crippen molar-refractivity contribution in [3.8, 4) is 0 Å². The maximum Gasteiger partial charge on any atom is 0.0743 e. The van der Waals surface area contributed by atoms with Crippen LogP contribution >= 0.6 is 0 Å². The Morgan fingerprint density at radius 1 is 1.12 bits per heavy atom. The summed E-state index contributed by atoms with van der Waals surface area (Å²) in [5.41, 5.74) is -0.365. The Morgan fingerprint density at radius 2 is 1.75 bits per heavy atom. The van der Waals surface area contributed by atoms with Crippen molar-refractivity contribution in [2.24, 2.45) is 17.8 Å². The molecule has 0 aliphatic heterocycles. The predicted octanol–water partition coefficient (Wildman–Crippen LogP) is 2.74. The maximum absolute atomic E-state index is 10.9. The summed E-state index contributed by atoms with van der Waals surface area (Å²) in [6.07, 6.45) is 6.90. The van der Waals surface area contributed by atoms with E-state index in [2.05, 4.69) is 13.8 Å². The first-order valence-electron chi connectivity index (χ1n) is 6.98. The SMILES string of the molecule is CCOC12CC3CC(CC(O)(C3)C1CC)C2. The minimum atomic E-state index is -0.395. The van der Waals surface area contributed by atoms with Crippen LogP contribution in [0.5, 0.6) is 0 Å². The summed E-state index contributed by atoms with van der Waals surface area (Å²) < 4.78 is 6.15. The van der Waals surface area contributed by atoms with Crippen molar-refractivity contribution in [2.45, 2.75) is 63.6 Å². The minimum Gasteiger partial charge on any atom is -0.389 e. The van der Waals surface area contributed by atoms with E-state index < -0.39 is 5.60 Å². The van der Waals surface area contributed by atoms with Crippen LogP contribution in [0.15, 0.2) is 0 Å². The Morgan fingerprint density at radius 3 is 2.25 bits per heavy atom. The zero-order chi connectivity index (χ0) is 11.4. The Labute approximate surface area is 98.4 Å². The molecule has 3 unspecified atom stereocenters. The lowest BCUT2D eigenvalue weighted by molar-refractivity contribution is -0.262. The number of ether oxygens (including phenoxy) is 1. The molecule has 4 rings (SSSR count). The van der Waals surface area contributed by atoms with E-state index >= 15 is 0 Å². The Kier molecular flexibility index (Phi) is 2.38. The highest BCUT2D eigenvalue weighted by molar-refractivity contribution is 5.14. The van der Waals surface area contributed by atoms with Crippen molar-refractivity contribution in [3.05, 3.63) is 0 Å². The molecule has 0 aromatic rings. The fraction of sp³-hybridized carbons (Fsp3) is 1.00. The molecule has 4 saturated carbocycles. The third-order valence-electron chi connectivity index (χ3n) is 5.34. The molecule has 4 fully saturated rings. The van der Waals surface area contributed by atoms with E-state index in [1.807, 2.05) is 0 Å². The lowest BCUT2D eigenvalue weighted by atomic mass is 9.47. The van der Waals surface area contributed by atoms with Gasteiger partial charge in [0, 0.05) is 12.5 Å². The van der Waals surface area contributed by atoms with Gasteiger partial charge in [0.15, 0.2) is 0 Å². The number of rotatable bonds is 3. The van der Waals surface area contributed by atoms with Crippen LogP contribution in [-0.4, -0.2) is 22.9 Å². The van der Waals surface area contributed by atoms with Crippen LogP contribution in [0.1, 0.15) is 52.4 Å². The Bertz CT molecular complexity index is 272. The first-order chi connectivity index (χ1) is 7.62. The molecular formula is C14H24O2. The van der Waals surface area contributed by atoms with Crippen LogP contribution < -0.4 is 0 Å². The molecule has 1 N–H and O–H groups in total. The molecule has 3 atom stereocenters. The van der Waals surface area contributed by atoms with E-state index in [-0.39, 0.29) is 5.60 Å². The van der Waals surface area contributed by atoms with E-state index in [1.54, 1.807) is 0 Å². The first kappa shape index (κ1) is 11.0. The molecule has 92 valence electrons. The quantitative estimate of drug-likeness (QED) is 0.798. The highest BCUT2D eigenvalue weighted by atomic mass is 16.5. The lowest BCUT2D eigenvalue weighted by Gasteiger charge is -2.64. The van der Waals surface area contributed by atoms with Gasteiger partial charge in [-0.05, 0) is 57.3 Å². The molecule has 2 nitrogen and oxygen atoms in total. The highest BCUT2D eigenvalue weighted by Crippen LogP contribution is 2.62. The van der Waals surface area contributed by atoms with Crippen LogP contribution in [0.4, 0.5) is 0 Å². The van der Waals surface area contributed by atoms with Crippen LogP contribution in [0.2, 0.25) is 0 Å². The molecule has 0 radical (unpaired) electrons. The van der Waals surface area contributed by atoms with Crippen LogP contribution in [0, 0.1) is 17.8 Å². The number of aliphatic hydroxyl groups is 1. The Balaban J connectivity index is 1.97. The molecular weight excluding hydrogens is 200 g/mol. The van der Waals surface area contributed by atoms with Crippen LogP contribution in [0.25, 0.3) is 0 Å². The lowest BCUT2D eigenvalue weighted by Crippen LogP contribution is -2.66. The van der Waals surface area contributed by atoms with Crippen molar-refractivity contribution in [2.75, 3.05) is 6.61 Å². The topological polar surface area (TPSA) is 29.5 Å². The van der Waals surface area contributed by atoms with Gasteiger partial charge in [0.25, 0.3) is 0 Å². The summed E-state index contributed by atoms with van der Waals surface area (Å²) in [5.74, 6) is 1.84. The van der Waals surface area contributed by atoms with Crippen molar-refractivity contribution in [1.82, 2.24) is 0 Å². The third-order valence-corrected chi connectivity index (χ3v) is 5.34. The molecule has 0 aromatic carbocycles. The van der Waals surface area contributed by atoms with Gasteiger partial charge in [-0.3, -0.25) is 0 Å². The summed E-state index contributed by atoms with van der Waals surface area (Å²) in [6, 6.07) is 0. The van der Waals surface area contributed by atoms with E-state index in [9.17, 15) is 5.11 Å². The smallest absolute Gasteiger partial charge is 0.0743 e. The van der Waals surface area contributed by atoms with Crippen LogP contribution in [0.3, 0.4) is 0 Å². The van der Waals surface area contributed by atoms with Gasteiger partial charge >= 0.3 is 0 Å². The zero-order valence-corrected chi connectivity index (χ0v) is 10.5. The van der Waals surface area contributed by atoms with Crippen molar-refractivity contribution in [1.29, 1.82) is 0 Å². The average Bonchev–Trinajstić information content (AvgIpc) is 2.14. The molecule has 16 heavy (non-hydrogen) atoms. The Hall–Kier alpha value is -0.0800. The summed E-state index contributed by atoms with van der Waals surface area (Å²) in [4.78, 5) is 0. The van der Waals surface area contributed by atoms with Gasteiger partial charge in [-0.25, -0.2) is 0 Å². The second kappa shape index (κ2) is 3.46. The standard InChI is InChI=1S/C14H24O2/c1-3-12-13(15)6-10-5-11(7-13)9-14(12,8-10)16-4-2/h10-12,15H,3-9H2,1-2H3. The van der Waals surface area contributed by atoms with Crippen molar-refractivity contribution < 1.29 is 9.84 Å². The maximum atomic E-state index is 10.9. The van der Waals surface area contributed by atoms with Gasteiger partial charge in [0.1, 0.15) is 0 Å². The molecule has 0 amide bonds. The second-order valence-corrected chi connectivity index (χ2v) is 6.35. The van der Waals surface area contributed by atoms with E-state index in [0.29, 0.717) is 5.92 Å². The first-order valence-corrected chi connectivity index (χ1v) is 6.98. The van der Waals surface area contributed by atoms with E-state index in [0.717, 1.165) is 37.7 Å². The van der Waals surface area contributed by atoms with Gasteiger partial charge in [0.05, 0.1) is 11.2 Å². The van der Waals surface area contributed by atoms with Gasteiger partial charge < -0.3 is 9.84 Å². The summed E-state index contributed by atoms with van der Waals surface area (Å²) in [5, 5.41) is 10.9. The number of hydrogen-bond acceptors (Lipinski definition) is 2. The fourth-order valence-corrected chi connectivity index (χ4v) is 5.41. The predicted molar refractivity (Wildman–Crippen MR) is 63.2 cm³/mol. The van der Waals surface area contributed by atoms with Crippen molar-refractivity contribution in [3.63, 3.8) is 0 Å². The zero-order valence-electron chi connectivity index (χ0n) is 10.5. The molecule has 0 spiro atoms. The molecule has 0 heterocycles. The van der Waals surface area contributed by atoms with Gasteiger partial charge in [-0.15, -0.1) is 0 Å². The number of hydrogen-bond donors (Lipinski definition) is 1. The monoisotopic (exact) mass is 224 g/mol.